The van der Waals surface area contributed by atoms with Crippen LogP contribution in [0.4, 0.5) is 4.79 Å². The number of unbranched alkanes of at least 4 members (excludes halogenated alkanes) is 1. The number of nitrogens with one attached hydrogen (secondary N) is 1. The Bertz CT molecular complexity index is 2500. The quantitative estimate of drug-likeness (QED) is 0.0556. The van der Waals surface area contributed by atoms with Crippen molar-refractivity contribution in [2.24, 2.45) is 0 Å². The Kier molecular flexibility index (Phi) is 17.4. The molecule has 5 aromatic carbocycles. The molecule has 0 saturated heterocycles. The summed E-state index contributed by atoms with van der Waals surface area (Å²) in [4.78, 5) is 23.6. The van der Waals surface area contributed by atoms with E-state index in [4.69, 9.17) is 28.8 Å². The van der Waals surface area contributed by atoms with Crippen molar-refractivity contribution in [3.63, 3.8) is 0 Å². The van der Waals surface area contributed by atoms with E-state index >= 15 is 0 Å². The zero-order valence-electron chi connectivity index (χ0n) is 40.9. The van der Waals surface area contributed by atoms with Crippen LogP contribution in [0.1, 0.15) is 113 Å². The Morgan fingerprint density at radius 2 is 1.09 bits per heavy atom. The smallest absolute Gasteiger partial charge is 0.407 e. The maximum atomic E-state index is 12.5. The van der Waals surface area contributed by atoms with Crippen molar-refractivity contribution in [2.75, 3.05) is 60.4 Å². The van der Waals surface area contributed by atoms with Gasteiger partial charge >= 0.3 is 12.1 Å². The van der Waals surface area contributed by atoms with Crippen LogP contribution in [0.5, 0.6) is 0 Å². The standard InChI is InChI=1S/C58H70BrNO8/c1-56(2,3)68-55(63)60-29-8-7-26-57(4)50-36-42(41-16-14-40(15-17-41)12-9-13-54(61)62)18-22-46(50)47-23-19-43(37-51(47)57)44-20-24-48-49-25-21-45(59)39-53(49)58(52(48)38-44,27-10-30-66-34-32-64-5)28-11-31-67-35-33-65-6/h14-25,36-39H,7-13,26-35H2,1-6H3,(H,60,63)(H,61,62). The summed E-state index contributed by atoms with van der Waals surface area (Å²) in [5, 5.41) is 12.1. The van der Waals surface area contributed by atoms with Gasteiger partial charge in [-0.3, -0.25) is 4.79 Å². The molecule has 5 aromatic rings. The molecule has 1 amide bonds. The minimum absolute atomic E-state index is 0.169. The molecule has 0 aliphatic heterocycles. The molecule has 362 valence electrons. The van der Waals surface area contributed by atoms with E-state index in [1.807, 2.05) is 20.8 Å². The number of rotatable bonds is 25. The van der Waals surface area contributed by atoms with Gasteiger partial charge in [0.2, 0.25) is 0 Å². The molecule has 10 heteroatoms. The molecule has 0 heterocycles. The molecule has 1 unspecified atom stereocenters. The normalized spacial score (nSPS) is 15.4. The van der Waals surface area contributed by atoms with E-state index in [2.05, 4.69) is 125 Å². The van der Waals surface area contributed by atoms with Crippen molar-refractivity contribution >= 4 is 28.0 Å². The number of carboxylic acid groups (broad SMARTS) is 1. The molecule has 2 aliphatic rings. The minimum atomic E-state index is -0.762. The van der Waals surface area contributed by atoms with E-state index in [0.717, 1.165) is 72.5 Å². The number of aryl methyl sites for hydroxylation is 1. The summed E-state index contributed by atoms with van der Waals surface area (Å²) in [6, 6.07) is 36.4. The van der Waals surface area contributed by atoms with Gasteiger partial charge in [-0.25, -0.2) is 4.79 Å². The third kappa shape index (κ3) is 12.1. The third-order valence-corrected chi connectivity index (χ3v) is 14.2. The lowest BCUT2D eigenvalue weighted by atomic mass is 9.71. The summed E-state index contributed by atoms with van der Waals surface area (Å²) in [7, 11) is 3.41. The van der Waals surface area contributed by atoms with E-state index in [9.17, 15) is 9.59 Å². The lowest BCUT2D eigenvalue weighted by Crippen LogP contribution is -2.33. The van der Waals surface area contributed by atoms with Gasteiger partial charge in [0.1, 0.15) is 5.60 Å². The molecular weight excluding hydrogens is 919 g/mol. The second-order valence-electron chi connectivity index (χ2n) is 19.6. The van der Waals surface area contributed by atoms with Crippen LogP contribution in [-0.4, -0.2) is 83.2 Å². The number of carbonyl (C=O) groups is 2. The summed E-state index contributed by atoms with van der Waals surface area (Å²) >= 11 is 3.84. The number of aliphatic carboxylic acids is 1. The van der Waals surface area contributed by atoms with Crippen LogP contribution in [0.15, 0.2) is 102 Å². The van der Waals surface area contributed by atoms with Gasteiger partial charge in [0.05, 0.1) is 26.4 Å². The Hall–Kier alpha value is -4.84. The van der Waals surface area contributed by atoms with Crippen LogP contribution in [0.2, 0.25) is 0 Å². The molecule has 1 atom stereocenters. The number of benzene rings is 5. The van der Waals surface area contributed by atoms with Gasteiger partial charge in [0.15, 0.2) is 0 Å². The van der Waals surface area contributed by atoms with Crippen molar-refractivity contribution < 1.29 is 38.4 Å². The Morgan fingerprint density at radius 1 is 0.588 bits per heavy atom. The molecule has 68 heavy (non-hydrogen) atoms. The number of fused-ring (bicyclic) bond motifs is 6. The maximum absolute atomic E-state index is 12.5. The summed E-state index contributed by atoms with van der Waals surface area (Å²) in [5.74, 6) is -0.762. The average Bonchev–Trinajstić information content (AvgIpc) is 3.71. The molecule has 2 N–H and O–H groups in total. The van der Waals surface area contributed by atoms with E-state index in [1.165, 1.54) is 55.6 Å². The molecule has 9 nitrogen and oxygen atoms in total. The number of halogens is 1. The number of methoxy groups -OCH3 is 2. The fourth-order valence-electron chi connectivity index (χ4n) is 10.4. The van der Waals surface area contributed by atoms with Gasteiger partial charge in [-0.2, -0.15) is 0 Å². The first kappa shape index (κ1) is 51.0. The van der Waals surface area contributed by atoms with Crippen molar-refractivity contribution in [3.8, 4) is 44.5 Å². The fourth-order valence-corrected chi connectivity index (χ4v) is 10.8. The van der Waals surface area contributed by atoms with Crippen molar-refractivity contribution in [1.82, 2.24) is 5.32 Å². The first-order valence-electron chi connectivity index (χ1n) is 24.4. The summed E-state index contributed by atoms with van der Waals surface area (Å²) in [6.07, 6.45) is 7.45. The number of carbonyl (C=O) groups excluding carboxylic acids is 1. The zero-order valence-corrected chi connectivity index (χ0v) is 42.5. The number of alkyl carbamates (subject to hydrolysis) is 1. The van der Waals surface area contributed by atoms with Gasteiger partial charge in [0.25, 0.3) is 0 Å². The summed E-state index contributed by atoms with van der Waals surface area (Å²) in [5.41, 5.74) is 15.2. The van der Waals surface area contributed by atoms with Crippen molar-refractivity contribution in [1.29, 1.82) is 0 Å². The van der Waals surface area contributed by atoms with E-state index in [1.54, 1.807) is 14.2 Å². The molecule has 0 fully saturated rings. The molecular formula is C58H70BrNO8. The lowest BCUT2D eigenvalue weighted by molar-refractivity contribution is -0.137. The Morgan fingerprint density at radius 3 is 1.63 bits per heavy atom. The van der Waals surface area contributed by atoms with Gasteiger partial charge < -0.3 is 34.1 Å². The van der Waals surface area contributed by atoms with Gasteiger partial charge in [-0.1, -0.05) is 96.0 Å². The number of amides is 1. The zero-order chi connectivity index (χ0) is 48.3. The molecule has 0 radical (unpaired) electrons. The van der Waals surface area contributed by atoms with Crippen LogP contribution in [-0.2, 0) is 45.7 Å². The Labute approximate surface area is 412 Å². The van der Waals surface area contributed by atoms with Crippen LogP contribution < -0.4 is 5.32 Å². The highest BCUT2D eigenvalue weighted by molar-refractivity contribution is 9.10. The SMILES string of the molecule is COCCOCCCC1(CCCOCCOC)c2cc(Br)ccc2-c2ccc(-c3ccc4c(c3)C(C)(CCCCNC(=O)OC(C)(C)C)c3cc(-c5ccc(CCCC(=O)O)cc5)ccc3-4)cc21. The first-order valence-corrected chi connectivity index (χ1v) is 25.2. The highest BCUT2D eigenvalue weighted by atomic mass is 79.9. The second kappa shape index (κ2) is 23.2. The fraction of sp³-hybridized carbons (Fsp3) is 0.448. The number of hydrogen-bond donors (Lipinski definition) is 2. The van der Waals surface area contributed by atoms with Crippen LogP contribution in [0.3, 0.4) is 0 Å². The number of hydrogen-bond acceptors (Lipinski definition) is 7. The second-order valence-corrected chi connectivity index (χ2v) is 20.5. The largest absolute Gasteiger partial charge is 0.481 e. The van der Waals surface area contributed by atoms with E-state index in [0.29, 0.717) is 52.6 Å². The first-order chi connectivity index (χ1) is 32.8. The van der Waals surface area contributed by atoms with Gasteiger partial charge in [-0.15, -0.1) is 0 Å². The van der Waals surface area contributed by atoms with Crippen LogP contribution in [0, 0.1) is 0 Å². The molecule has 0 aromatic heterocycles. The lowest BCUT2D eigenvalue weighted by Gasteiger charge is -2.33. The number of carboxylic acids is 1. The monoisotopic (exact) mass is 987 g/mol. The third-order valence-electron chi connectivity index (χ3n) is 13.7. The number of ether oxygens (including phenoxy) is 5. The topological polar surface area (TPSA) is 113 Å². The average molecular weight is 989 g/mol. The maximum Gasteiger partial charge on any atom is 0.407 e. The van der Waals surface area contributed by atoms with E-state index in [-0.39, 0.29) is 23.3 Å². The van der Waals surface area contributed by atoms with Gasteiger partial charge in [0, 0.05) is 55.7 Å². The molecule has 0 spiro atoms. The predicted octanol–water partition coefficient (Wildman–Crippen LogP) is 13.3. The van der Waals surface area contributed by atoms with Crippen LogP contribution in [0.25, 0.3) is 44.5 Å². The highest BCUT2D eigenvalue weighted by Crippen LogP contribution is 2.56. The van der Waals surface area contributed by atoms with Gasteiger partial charge in [-0.05, 0) is 175 Å². The molecule has 0 bridgehead atoms. The van der Waals surface area contributed by atoms with Crippen molar-refractivity contribution in [3.05, 3.63) is 129 Å². The molecule has 0 saturated carbocycles. The van der Waals surface area contributed by atoms with Crippen molar-refractivity contribution in [2.45, 2.75) is 108 Å². The molecule has 7 rings (SSSR count). The summed E-state index contributed by atoms with van der Waals surface area (Å²) in [6.45, 7) is 12.2. The Balaban J connectivity index is 1.23. The van der Waals surface area contributed by atoms with Crippen LogP contribution >= 0.6 is 15.9 Å². The molecule has 2 aliphatic carbocycles. The minimum Gasteiger partial charge on any atom is -0.481 e. The summed E-state index contributed by atoms with van der Waals surface area (Å²) < 4.78 is 29.2. The predicted molar refractivity (Wildman–Crippen MR) is 276 cm³/mol. The van der Waals surface area contributed by atoms with E-state index < -0.39 is 11.6 Å². The highest BCUT2D eigenvalue weighted by Gasteiger charge is 2.43.